The van der Waals surface area contributed by atoms with Gasteiger partial charge in [0.25, 0.3) is 0 Å². The molecule has 118 valence electrons. The number of rotatable bonds is 5. The highest BCUT2D eigenvalue weighted by Crippen LogP contribution is 2.24. The molecule has 0 spiro atoms. The van der Waals surface area contributed by atoms with E-state index in [1.54, 1.807) is 4.90 Å². The largest absolute Gasteiger partial charge is 0.345 e. The fraction of sp³-hybridized carbons (Fsp3) is 0.421. The quantitative estimate of drug-likeness (QED) is 0.919. The van der Waals surface area contributed by atoms with Crippen LogP contribution in [0.1, 0.15) is 32.3 Å². The van der Waals surface area contributed by atoms with Gasteiger partial charge in [-0.15, -0.1) is 0 Å². The van der Waals surface area contributed by atoms with Gasteiger partial charge in [0.1, 0.15) is 0 Å². The average Bonchev–Trinajstić information content (AvgIpc) is 2.52. The van der Waals surface area contributed by atoms with Crippen molar-refractivity contribution in [3.8, 4) is 0 Å². The maximum absolute atomic E-state index is 12.7. The maximum Gasteiger partial charge on any atom is 0.229 e. The van der Waals surface area contributed by atoms with Crippen LogP contribution in [0.4, 0.5) is 0 Å². The van der Waals surface area contributed by atoms with Gasteiger partial charge in [-0.3, -0.25) is 4.79 Å². The summed E-state index contributed by atoms with van der Waals surface area (Å²) < 4.78 is 0. The van der Waals surface area contributed by atoms with Gasteiger partial charge < -0.3 is 10.6 Å². The third-order valence-corrected chi connectivity index (χ3v) is 4.24. The molecule has 0 aliphatic rings. The van der Waals surface area contributed by atoms with Gasteiger partial charge in [0.15, 0.2) is 0 Å². The zero-order valence-electron chi connectivity index (χ0n) is 14.0. The van der Waals surface area contributed by atoms with Crippen molar-refractivity contribution in [2.24, 2.45) is 11.1 Å². The Morgan fingerprint density at radius 3 is 2.45 bits per heavy atom. The van der Waals surface area contributed by atoms with Gasteiger partial charge in [-0.05, 0) is 35.2 Å². The zero-order chi connectivity index (χ0) is 16.3. The van der Waals surface area contributed by atoms with E-state index in [2.05, 4.69) is 38.1 Å². The third-order valence-electron chi connectivity index (χ3n) is 4.24. The van der Waals surface area contributed by atoms with Gasteiger partial charge in [0.2, 0.25) is 5.91 Å². The van der Waals surface area contributed by atoms with Gasteiger partial charge in [-0.2, -0.15) is 0 Å². The lowest BCUT2D eigenvalue weighted by atomic mass is 9.91. The van der Waals surface area contributed by atoms with E-state index < -0.39 is 0 Å². The normalized spacial score (nSPS) is 13.1. The summed E-state index contributed by atoms with van der Waals surface area (Å²) in [4.78, 5) is 14.5. The Kier molecular flexibility index (Phi) is 4.87. The molecule has 2 N–H and O–H groups in total. The van der Waals surface area contributed by atoms with E-state index in [0.29, 0.717) is 13.1 Å². The SMILES string of the molecule is CC(C(=O)N(C)CC(C)(C)CN)c1ccc2ccccc2c1. The highest BCUT2D eigenvalue weighted by atomic mass is 16.2. The molecule has 2 aromatic carbocycles. The van der Waals surface area contributed by atoms with Crippen LogP contribution in [0, 0.1) is 5.41 Å². The standard InChI is InChI=1S/C19H26N2O/c1-14(18(22)21(4)13-19(2,3)12-20)16-10-9-15-7-5-6-8-17(15)11-16/h5-11,14H,12-13,20H2,1-4H3. The molecule has 1 unspecified atom stereocenters. The molecule has 1 amide bonds. The predicted molar refractivity (Wildman–Crippen MR) is 92.8 cm³/mol. The van der Waals surface area contributed by atoms with Crippen LogP contribution in [0.5, 0.6) is 0 Å². The van der Waals surface area contributed by atoms with Crippen LogP contribution in [0.15, 0.2) is 42.5 Å². The van der Waals surface area contributed by atoms with E-state index in [4.69, 9.17) is 5.73 Å². The molecule has 0 aromatic heterocycles. The fourth-order valence-corrected chi connectivity index (χ4v) is 2.73. The van der Waals surface area contributed by atoms with Crippen molar-refractivity contribution < 1.29 is 4.79 Å². The molecule has 0 bridgehead atoms. The number of hydrogen-bond acceptors (Lipinski definition) is 2. The van der Waals surface area contributed by atoms with Crippen molar-refractivity contribution in [2.75, 3.05) is 20.1 Å². The Morgan fingerprint density at radius 1 is 1.18 bits per heavy atom. The molecule has 0 fully saturated rings. The highest BCUT2D eigenvalue weighted by Gasteiger charge is 2.25. The third kappa shape index (κ3) is 3.66. The van der Waals surface area contributed by atoms with Crippen LogP contribution >= 0.6 is 0 Å². The van der Waals surface area contributed by atoms with Crippen molar-refractivity contribution >= 4 is 16.7 Å². The number of fused-ring (bicyclic) bond motifs is 1. The highest BCUT2D eigenvalue weighted by molar-refractivity contribution is 5.87. The lowest BCUT2D eigenvalue weighted by Crippen LogP contribution is -2.41. The molecule has 0 saturated heterocycles. The summed E-state index contributed by atoms with van der Waals surface area (Å²) in [5.74, 6) is -0.0139. The fourth-order valence-electron chi connectivity index (χ4n) is 2.73. The Hall–Kier alpha value is -1.87. The molecule has 3 nitrogen and oxygen atoms in total. The Morgan fingerprint density at radius 2 is 1.82 bits per heavy atom. The number of nitrogens with two attached hydrogens (primary N) is 1. The monoisotopic (exact) mass is 298 g/mol. The average molecular weight is 298 g/mol. The molecule has 2 aromatic rings. The Bertz CT molecular complexity index is 663. The van der Waals surface area contributed by atoms with Crippen molar-refractivity contribution in [1.29, 1.82) is 0 Å². The lowest BCUT2D eigenvalue weighted by Gasteiger charge is -2.30. The minimum Gasteiger partial charge on any atom is -0.345 e. The molecular formula is C19H26N2O. The van der Waals surface area contributed by atoms with E-state index in [1.165, 1.54) is 10.8 Å². The van der Waals surface area contributed by atoms with Crippen molar-refractivity contribution in [1.82, 2.24) is 4.90 Å². The zero-order valence-corrected chi connectivity index (χ0v) is 14.0. The molecule has 0 aliphatic heterocycles. The van der Waals surface area contributed by atoms with Gasteiger partial charge in [0, 0.05) is 13.6 Å². The van der Waals surface area contributed by atoms with Gasteiger partial charge in [0.05, 0.1) is 5.92 Å². The summed E-state index contributed by atoms with van der Waals surface area (Å²) >= 11 is 0. The number of likely N-dealkylation sites (N-methyl/N-ethyl adjacent to an activating group) is 1. The summed E-state index contributed by atoms with van der Waals surface area (Å²) in [6.45, 7) is 7.36. The van der Waals surface area contributed by atoms with Crippen LogP contribution in [0.3, 0.4) is 0 Å². The van der Waals surface area contributed by atoms with Gasteiger partial charge in [-0.1, -0.05) is 56.3 Å². The first-order chi connectivity index (χ1) is 10.3. The molecule has 0 saturated carbocycles. The molecule has 3 heteroatoms. The number of carbonyl (C=O) groups is 1. The minimum atomic E-state index is -0.150. The first kappa shape index (κ1) is 16.5. The second-order valence-electron chi connectivity index (χ2n) is 6.89. The number of benzene rings is 2. The predicted octanol–water partition coefficient (Wildman–Crippen LogP) is 3.39. The smallest absolute Gasteiger partial charge is 0.229 e. The number of nitrogens with zero attached hydrogens (tertiary/aromatic N) is 1. The van der Waals surface area contributed by atoms with E-state index in [-0.39, 0.29) is 17.2 Å². The molecular weight excluding hydrogens is 272 g/mol. The van der Waals surface area contributed by atoms with Crippen LogP contribution < -0.4 is 5.73 Å². The van der Waals surface area contributed by atoms with E-state index in [0.717, 1.165) is 5.56 Å². The summed E-state index contributed by atoms with van der Waals surface area (Å²) in [5, 5.41) is 2.37. The Balaban J connectivity index is 2.18. The molecule has 0 aliphatic carbocycles. The van der Waals surface area contributed by atoms with Crippen LogP contribution in [-0.4, -0.2) is 30.9 Å². The molecule has 1 atom stereocenters. The summed E-state index contributed by atoms with van der Waals surface area (Å²) in [7, 11) is 1.86. The summed E-state index contributed by atoms with van der Waals surface area (Å²) in [5.41, 5.74) is 6.76. The first-order valence-corrected chi connectivity index (χ1v) is 7.78. The second kappa shape index (κ2) is 6.49. The molecule has 2 rings (SSSR count). The number of hydrogen-bond donors (Lipinski definition) is 1. The van der Waals surface area contributed by atoms with Crippen molar-refractivity contribution in [2.45, 2.75) is 26.7 Å². The van der Waals surface area contributed by atoms with E-state index in [1.807, 2.05) is 32.2 Å². The van der Waals surface area contributed by atoms with E-state index >= 15 is 0 Å². The summed E-state index contributed by atoms with van der Waals surface area (Å²) in [6, 6.07) is 14.5. The van der Waals surface area contributed by atoms with Gasteiger partial charge in [-0.25, -0.2) is 0 Å². The van der Waals surface area contributed by atoms with Crippen molar-refractivity contribution in [3.05, 3.63) is 48.0 Å². The van der Waals surface area contributed by atoms with E-state index in [9.17, 15) is 4.79 Å². The second-order valence-corrected chi connectivity index (χ2v) is 6.89. The van der Waals surface area contributed by atoms with Crippen LogP contribution in [0.25, 0.3) is 10.8 Å². The molecule has 0 heterocycles. The molecule has 22 heavy (non-hydrogen) atoms. The van der Waals surface area contributed by atoms with Crippen LogP contribution in [-0.2, 0) is 4.79 Å². The number of carbonyl (C=O) groups excluding carboxylic acids is 1. The first-order valence-electron chi connectivity index (χ1n) is 7.78. The molecule has 0 radical (unpaired) electrons. The van der Waals surface area contributed by atoms with Crippen molar-refractivity contribution in [3.63, 3.8) is 0 Å². The topological polar surface area (TPSA) is 46.3 Å². The number of amides is 1. The minimum absolute atomic E-state index is 0.0620. The lowest BCUT2D eigenvalue weighted by molar-refractivity contribution is -0.132. The van der Waals surface area contributed by atoms with Crippen LogP contribution in [0.2, 0.25) is 0 Å². The Labute approximate surface area is 133 Å². The summed E-state index contributed by atoms with van der Waals surface area (Å²) in [6.07, 6.45) is 0. The van der Waals surface area contributed by atoms with Gasteiger partial charge >= 0.3 is 0 Å². The maximum atomic E-state index is 12.7.